The van der Waals surface area contributed by atoms with Crippen molar-refractivity contribution in [2.45, 2.75) is 12.5 Å². The molecule has 0 spiro atoms. The molecule has 20 heavy (non-hydrogen) atoms. The smallest absolute Gasteiger partial charge is 0.128 e. The van der Waals surface area contributed by atoms with Crippen molar-refractivity contribution in [3.05, 3.63) is 35.4 Å². The highest BCUT2D eigenvalue weighted by Crippen LogP contribution is 2.16. The average molecular weight is 289 g/mol. The molecule has 1 aromatic rings. The molecule has 1 unspecified atom stereocenters. The lowest BCUT2D eigenvalue weighted by Crippen LogP contribution is -2.19. The lowest BCUT2D eigenvalue weighted by atomic mass is 10.1. The number of benzene rings is 1. The van der Waals surface area contributed by atoms with Gasteiger partial charge in [-0.25, -0.2) is 8.78 Å². The molecular formula is C14H21F2NO3. The van der Waals surface area contributed by atoms with Crippen LogP contribution in [0.3, 0.4) is 0 Å². The van der Waals surface area contributed by atoms with E-state index in [1.807, 2.05) is 0 Å². The van der Waals surface area contributed by atoms with Crippen LogP contribution in [0.4, 0.5) is 8.78 Å². The Hall–Kier alpha value is -1.08. The fraction of sp³-hybridized carbons (Fsp3) is 0.571. The summed E-state index contributed by atoms with van der Waals surface area (Å²) in [5.74, 6) is -1.03. The van der Waals surface area contributed by atoms with Gasteiger partial charge < -0.3 is 19.9 Å². The Labute approximate surface area is 117 Å². The van der Waals surface area contributed by atoms with E-state index in [4.69, 9.17) is 19.9 Å². The maximum absolute atomic E-state index is 13.4. The predicted octanol–water partition coefficient (Wildman–Crippen LogP) is 2.03. The summed E-state index contributed by atoms with van der Waals surface area (Å²) < 4.78 is 41.9. The number of ether oxygens (including phenoxy) is 3. The summed E-state index contributed by atoms with van der Waals surface area (Å²) in [6.07, 6.45) is 0.710. The monoisotopic (exact) mass is 289 g/mol. The molecule has 1 aromatic carbocycles. The van der Waals surface area contributed by atoms with Crippen LogP contribution in [0.5, 0.6) is 0 Å². The molecule has 0 aromatic heterocycles. The zero-order valence-electron chi connectivity index (χ0n) is 11.6. The van der Waals surface area contributed by atoms with Crippen molar-refractivity contribution in [2.24, 2.45) is 5.73 Å². The van der Waals surface area contributed by atoms with Gasteiger partial charge in [-0.2, -0.15) is 0 Å². The molecule has 0 amide bonds. The third-order valence-electron chi connectivity index (χ3n) is 2.66. The molecule has 6 heteroatoms. The number of hydrogen-bond acceptors (Lipinski definition) is 4. The Morgan fingerprint density at radius 1 is 1.10 bits per heavy atom. The quantitative estimate of drug-likeness (QED) is 0.670. The van der Waals surface area contributed by atoms with Gasteiger partial charge in [0, 0.05) is 25.9 Å². The van der Waals surface area contributed by atoms with Crippen molar-refractivity contribution in [3.8, 4) is 0 Å². The van der Waals surface area contributed by atoms with Gasteiger partial charge in [0.1, 0.15) is 11.6 Å². The van der Waals surface area contributed by atoms with Crippen molar-refractivity contribution < 1.29 is 23.0 Å². The third-order valence-corrected chi connectivity index (χ3v) is 2.66. The first-order valence-electron chi connectivity index (χ1n) is 6.50. The molecule has 0 bridgehead atoms. The average Bonchev–Trinajstić information content (AvgIpc) is 2.44. The zero-order chi connectivity index (χ0) is 14.8. The van der Waals surface area contributed by atoms with Gasteiger partial charge in [0.25, 0.3) is 0 Å². The molecule has 1 rings (SSSR count). The highest BCUT2D eigenvalue weighted by atomic mass is 19.1. The zero-order valence-corrected chi connectivity index (χ0v) is 11.6. The first-order chi connectivity index (χ1) is 9.65. The summed E-state index contributed by atoms with van der Waals surface area (Å²) in [6.45, 7) is 2.26. The molecule has 4 nitrogen and oxygen atoms in total. The van der Waals surface area contributed by atoms with E-state index in [0.717, 1.165) is 18.2 Å². The SMILES string of the molecule is COCCOCCCOCC(N)c1cc(F)ccc1F. The largest absolute Gasteiger partial charge is 0.382 e. The van der Waals surface area contributed by atoms with E-state index in [9.17, 15) is 8.78 Å². The Balaban J connectivity index is 2.17. The normalized spacial score (nSPS) is 12.6. The second kappa shape index (κ2) is 9.77. The number of methoxy groups -OCH3 is 1. The molecule has 1 atom stereocenters. The van der Waals surface area contributed by atoms with E-state index in [-0.39, 0.29) is 12.2 Å². The van der Waals surface area contributed by atoms with Crippen LogP contribution in [0.2, 0.25) is 0 Å². The minimum absolute atomic E-state index is 0.126. The van der Waals surface area contributed by atoms with Gasteiger partial charge in [-0.1, -0.05) is 0 Å². The molecule has 2 N–H and O–H groups in total. The van der Waals surface area contributed by atoms with E-state index in [0.29, 0.717) is 32.8 Å². The Morgan fingerprint density at radius 3 is 2.60 bits per heavy atom. The van der Waals surface area contributed by atoms with E-state index in [1.165, 1.54) is 0 Å². The molecule has 0 aliphatic heterocycles. The first kappa shape index (κ1) is 17.0. The van der Waals surface area contributed by atoms with Gasteiger partial charge in [-0.3, -0.25) is 0 Å². The number of nitrogens with two attached hydrogens (primary N) is 1. The Morgan fingerprint density at radius 2 is 1.85 bits per heavy atom. The summed E-state index contributed by atoms with van der Waals surface area (Å²) >= 11 is 0. The van der Waals surface area contributed by atoms with Gasteiger partial charge in [0.15, 0.2) is 0 Å². The van der Waals surface area contributed by atoms with Crippen molar-refractivity contribution in [1.82, 2.24) is 0 Å². The third kappa shape index (κ3) is 6.38. The molecule has 0 fully saturated rings. The highest BCUT2D eigenvalue weighted by Gasteiger charge is 2.12. The maximum Gasteiger partial charge on any atom is 0.128 e. The van der Waals surface area contributed by atoms with Gasteiger partial charge in [-0.05, 0) is 24.6 Å². The van der Waals surface area contributed by atoms with Gasteiger partial charge in [0.2, 0.25) is 0 Å². The summed E-state index contributed by atoms with van der Waals surface area (Å²) in [4.78, 5) is 0. The van der Waals surface area contributed by atoms with Crippen LogP contribution >= 0.6 is 0 Å². The Kier molecular flexibility index (Phi) is 8.29. The fourth-order valence-corrected chi connectivity index (χ4v) is 1.61. The van der Waals surface area contributed by atoms with E-state index in [2.05, 4.69) is 0 Å². The van der Waals surface area contributed by atoms with Crippen LogP contribution in [-0.4, -0.2) is 40.1 Å². The molecule has 0 heterocycles. The minimum Gasteiger partial charge on any atom is -0.382 e. The van der Waals surface area contributed by atoms with Crippen LogP contribution < -0.4 is 5.73 Å². The Bertz CT molecular complexity index is 391. The highest BCUT2D eigenvalue weighted by molar-refractivity contribution is 5.22. The van der Waals surface area contributed by atoms with E-state index < -0.39 is 17.7 Å². The van der Waals surface area contributed by atoms with Crippen molar-refractivity contribution in [3.63, 3.8) is 0 Å². The molecule has 0 saturated heterocycles. The van der Waals surface area contributed by atoms with Crippen LogP contribution in [0.25, 0.3) is 0 Å². The second-order valence-corrected chi connectivity index (χ2v) is 4.31. The van der Waals surface area contributed by atoms with Gasteiger partial charge in [-0.15, -0.1) is 0 Å². The molecule has 0 aliphatic carbocycles. The lowest BCUT2D eigenvalue weighted by molar-refractivity contribution is 0.0490. The van der Waals surface area contributed by atoms with Crippen LogP contribution in [0.15, 0.2) is 18.2 Å². The summed E-state index contributed by atoms with van der Waals surface area (Å²) in [6, 6.07) is 2.54. The van der Waals surface area contributed by atoms with Crippen LogP contribution in [-0.2, 0) is 14.2 Å². The van der Waals surface area contributed by atoms with E-state index >= 15 is 0 Å². The summed E-state index contributed by atoms with van der Waals surface area (Å²) in [7, 11) is 1.61. The maximum atomic E-state index is 13.4. The topological polar surface area (TPSA) is 53.7 Å². The van der Waals surface area contributed by atoms with Crippen LogP contribution in [0.1, 0.15) is 18.0 Å². The molecule has 0 radical (unpaired) electrons. The first-order valence-corrected chi connectivity index (χ1v) is 6.50. The van der Waals surface area contributed by atoms with Gasteiger partial charge >= 0.3 is 0 Å². The van der Waals surface area contributed by atoms with Crippen LogP contribution in [0, 0.1) is 11.6 Å². The molecular weight excluding hydrogens is 268 g/mol. The lowest BCUT2D eigenvalue weighted by Gasteiger charge is -2.13. The number of hydrogen-bond donors (Lipinski definition) is 1. The minimum atomic E-state index is -0.680. The standard InChI is InChI=1S/C14H21F2NO3/c1-18-7-8-19-5-2-6-20-10-14(17)12-9-11(15)3-4-13(12)16/h3-4,9,14H,2,5-8,10,17H2,1H3. The number of rotatable bonds is 10. The molecule has 0 saturated carbocycles. The van der Waals surface area contributed by atoms with Crippen molar-refractivity contribution in [2.75, 3.05) is 40.1 Å². The van der Waals surface area contributed by atoms with E-state index in [1.54, 1.807) is 7.11 Å². The van der Waals surface area contributed by atoms with Gasteiger partial charge in [0.05, 0.1) is 25.9 Å². The molecule has 114 valence electrons. The van der Waals surface area contributed by atoms with Crippen molar-refractivity contribution >= 4 is 0 Å². The molecule has 0 aliphatic rings. The second-order valence-electron chi connectivity index (χ2n) is 4.31. The number of halogens is 2. The van der Waals surface area contributed by atoms with Crippen molar-refractivity contribution in [1.29, 1.82) is 0 Å². The fourth-order valence-electron chi connectivity index (χ4n) is 1.61. The summed E-state index contributed by atoms with van der Waals surface area (Å²) in [5.41, 5.74) is 5.89. The summed E-state index contributed by atoms with van der Waals surface area (Å²) in [5, 5.41) is 0. The predicted molar refractivity (Wildman–Crippen MR) is 71.4 cm³/mol.